The van der Waals surface area contributed by atoms with Crippen molar-refractivity contribution in [3.05, 3.63) is 41.8 Å². The molecule has 3 rings (SSSR count). The first-order valence-corrected chi connectivity index (χ1v) is 6.41. The van der Waals surface area contributed by atoms with Gasteiger partial charge in [0.25, 0.3) is 0 Å². The van der Waals surface area contributed by atoms with Gasteiger partial charge in [-0.1, -0.05) is 35.4 Å². The number of hydrazine groups is 1. The van der Waals surface area contributed by atoms with E-state index in [0.717, 1.165) is 13.0 Å². The normalized spacial score (nSPS) is 22.6. The maximum atomic E-state index is 5.27. The Kier molecular flexibility index (Phi) is 3.43. The lowest BCUT2D eigenvalue weighted by molar-refractivity contribution is 0.517. The molecule has 1 aliphatic rings. The van der Waals surface area contributed by atoms with Gasteiger partial charge in [-0.25, -0.2) is 5.43 Å². The zero-order chi connectivity index (χ0) is 13.1. The summed E-state index contributed by atoms with van der Waals surface area (Å²) in [5, 5.41) is 10.8. The van der Waals surface area contributed by atoms with Gasteiger partial charge in [0.05, 0.1) is 0 Å². The molecule has 19 heavy (non-hydrogen) atoms. The van der Waals surface area contributed by atoms with Crippen LogP contribution in [0, 0.1) is 6.92 Å². The molecule has 2 unspecified atom stereocenters. The molecule has 0 radical (unpaired) electrons. The van der Waals surface area contributed by atoms with Crippen LogP contribution in [0.2, 0.25) is 0 Å². The van der Waals surface area contributed by atoms with E-state index >= 15 is 0 Å². The van der Waals surface area contributed by atoms with Crippen LogP contribution in [0.4, 0.5) is 6.01 Å². The summed E-state index contributed by atoms with van der Waals surface area (Å²) < 4.78 is 5.27. The maximum absolute atomic E-state index is 5.27. The summed E-state index contributed by atoms with van der Waals surface area (Å²) in [5.41, 5.74) is 7.89. The molecule has 1 aliphatic heterocycles. The van der Waals surface area contributed by atoms with E-state index in [9.17, 15) is 0 Å². The first-order chi connectivity index (χ1) is 9.31. The molecule has 0 aliphatic carbocycles. The number of rotatable bonds is 4. The predicted octanol–water partition coefficient (Wildman–Crippen LogP) is 1.40. The second kappa shape index (κ2) is 5.38. The van der Waals surface area contributed by atoms with Gasteiger partial charge in [-0.2, -0.15) is 0 Å². The first kappa shape index (κ1) is 12.1. The lowest BCUT2D eigenvalue weighted by atomic mass is 10.0. The highest BCUT2D eigenvalue weighted by Gasteiger charge is 2.24. The lowest BCUT2D eigenvalue weighted by Crippen LogP contribution is -2.35. The molecule has 0 saturated carbocycles. The van der Waals surface area contributed by atoms with Gasteiger partial charge in [-0.3, -0.25) is 5.43 Å². The van der Waals surface area contributed by atoms with Crippen LogP contribution in [-0.2, 0) is 0 Å². The van der Waals surface area contributed by atoms with E-state index < -0.39 is 0 Å². The molecule has 3 N–H and O–H groups in total. The van der Waals surface area contributed by atoms with Gasteiger partial charge in [0.1, 0.15) is 0 Å². The molecule has 6 heteroatoms. The fourth-order valence-corrected chi connectivity index (χ4v) is 2.24. The lowest BCUT2D eigenvalue weighted by Gasteiger charge is -2.09. The topological polar surface area (TPSA) is 75.0 Å². The fraction of sp³-hybridized carbons (Fsp3) is 0.385. The Morgan fingerprint density at radius 3 is 2.84 bits per heavy atom. The van der Waals surface area contributed by atoms with Gasteiger partial charge in [0.15, 0.2) is 0 Å². The monoisotopic (exact) mass is 259 g/mol. The molecule has 6 nitrogen and oxygen atoms in total. The number of benzene rings is 1. The summed E-state index contributed by atoms with van der Waals surface area (Å²) in [7, 11) is 0. The summed E-state index contributed by atoms with van der Waals surface area (Å²) in [6.45, 7) is 2.52. The van der Waals surface area contributed by atoms with E-state index in [1.54, 1.807) is 6.92 Å². The molecule has 2 atom stereocenters. The number of aryl methyl sites for hydroxylation is 1. The van der Waals surface area contributed by atoms with Crippen LogP contribution in [0.1, 0.15) is 23.9 Å². The summed E-state index contributed by atoms with van der Waals surface area (Å²) >= 11 is 0. The smallest absolute Gasteiger partial charge is 0.315 e. The molecular formula is C13H17N5O. The van der Waals surface area contributed by atoms with E-state index in [0.29, 0.717) is 24.0 Å². The Morgan fingerprint density at radius 2 is 2.11 bits per heavy atom. The summed E-state index contributed by atoms with van der Waals surface area (Å²) in [6.07, 6.45) is 1.02. The maximum Gasteiger partial charge on any atom is 0.315 e. The Labute approximate surface area is 111 Å². The van der Waals surface area contributed by atoms with Crippen LogP contribution in [0.3, 0.4) is 0 Å². The van der Waals surface area contributed by atoms with E-state index in [1.807, 2.05) is 6.07 Å². The van der Waals surface area contributed by atoms with Crippen LogP contribution in [0.15, 0.2) is 34.7 Å². The van der Waals surface area contributed by atoms with Crippen LogP contribution in [0.25, 0.3) is 0 Å². The molecule has 0 bridgehead atoms. The highest BCUT2D eigenvalue weighted by Crippen LogP contribution is 2.21. The summed E-state index contributed by atoms with van der Waals surface area (Å²) in [4.78, 5) is 0. The van der Waals surface area contributed by atoms with Crippen LogP contribution >= 0.6 is 0 Å². The highest BCUT2D eigenvalue weighted by molar-refractivity contribution is 5.21. The van der Waals surface area contributed by atoms with E-state index in [2.05, 4.69) is 50.6 Å². The second-order valence-corrected chi connectivity index (χ2v) is 4.69. The van der Waals surface area contributed by atoms with Crippen molar-refractivity contribution in [2.45, 2.75) is 25.4 Å². The van der Waals surface area contributed by atoms with Crippen molar-refractivity contribution in [2.75, 3.05) is 11.9 Å². The number of hydrogen-bond acceptors (Lipinski definition) is 6. The third-order valence-corrected chi connectivity index (χ3v) is 3.21. The molecule has 1 aromatic heterocycles. The quantitative estimate of drug-likeness (QED) is 0.770. The number of anilines is 1. The molecule has 100 valence electrons. The van der Waals surface area contributed by atoms with Crippen molar-refractivity contribution >= 4 is 6.01 Å². The number of nitrogens with one attached hydrogen (secondary N) is 3. The van der Waals surface area contributed by atoms with Gasteiger partial charge < -0.3 is 9.73 Å². The van der Waals surface area contributed by atoms with Crippen LogP contribution in [0.5, 0.6) is 0 Å². The van der Waals surface area contributed by atoms with Crippen molar-refractivity contribution in [1.29, 1.82) is 0 Å². The molecular weight excluding hydrogens is 242 g/mol. The molecule has 1 fully saturated rings. The largest absolute Gasteiger partial charge is 0.408 e. The minimum absolute atomic E-state index is 0.331. The zero-order valence-electron chi connectivity index (χ0n) is 10.8. The van der Waals surface area contributed by atoms with Gasteiger partial charge in [0.2, 0.25) is 5.89 Å². The number of aromatic nitrogens is 2. The van der Waals surface area contributed by atoms with Crippen molar-refractivity contribution in [1.82, 2.24) is 21.0 Å². The van der Waals surface area contributed by atoms with Crippen LogP contribution < -0.4 is 16.2 Å². The Hall–Kier alpha value is -1.92. The zero-order valence-corrected chi connectivity index (χ0v) is 10.8. The fourth-order valence-electron chi connectivity index (χ4n) is 2.24. The van der Waals surface area contributed by atoms with Crippen molar-refractivity contribution in [3.63, 3.8) is 0 Å². The Morgan fingerprint density at radius 1 is 1.26 bits per heavy atom. The SMILES string of the molecule is Cc1nnc(NCC2CC(c3ccccc3)NN2)o1. The second-order valence-electron chi connectivity index (χ2n) is 4.69. The summed E-state index contributed by atoms with van der Waals surface area (Å²) in [6, 6.07) is 11.6. The molecule has 0 amide bonds. The van der Waals surface area contributed by atoms with Gasteiger partial charge in [-0.05, 0) is 12.0 Å². The molecule has 1 saturated heterocycles. The van der Waals surface area contributed by atoms with Gasteiger partial charge in [0, 0.05) is 25.6 Å². The van der Waals surface area contributed by atoms with E-state index in [-0.39, 0.29) is 0 Å². The third-order valence-electron chi connectivity index (χ3n) is 3.21. The predicted molar refractivity (Wildman–Crippen MR) is 71.4 cm³/mol. The molecule has 1 aromatic carbocycles. The first-order valence-electron chi connectivity index (χ1n) is 6.41. The van der Waals surface area contributed by atoms with Crippen molar-refractivity contribution in [2.24, 2.45) is 0 Å². The van der Waals surface area contributed by atoms with Crippen molar-refractivity contribution in [3.8, 4) is 0 Å². The van der Waals surface area contributed by atoms with Crippen molar-refractivity contribution < 1.29 is 4.42 Å². The Balaban J connectivity index is 1.52. The highest BCUT2D eigenvalue weighted by atomic mass is 16.4. The average molecular weight is 259 g/mol. The third kappa shape index (κ3) is 2.91. The van der Waals surface area contributed by atoms with Gasteiger partial charge >= 0.3 is 6.01 Å². The van der Waals surface area contributed by atoms with E-state index in [1.165, 1.54) is 5.56 Å². The van der Waals surface area contributed by atoms with Gasteiger partial charge in [-0.15, -0.1) is 5.10 Å². The van der Waals surface area contributed by atoms with E-state index in [4.69, 9.17) is 4.42 Å². The standard InChI is InChI=1S/C13H17N5O/c1-9-15-18-13(19-9)14-8-11-7-12(17-16-11)10-5-3-2-4-6-10/h2-6,11-12,16-17H,7-8H2,1H3,(H,14,18). The van der Waals surface area contributed by atoms with Crippen LogP contribution in [-0.4, -0.2) is 22.8 Å². The minimum Gasteiger partial charge on any atom is -0.408 e. The average Bonchev–Trinajstić information content (AvgIpc) is 3.06. The number of nitrogens with zero attached hydrogens (tertiary/aromatic N) is 2. The molecule has 2 heterocycles. The molecule has 2 aromatic rings. The number of hydrogen-bond donors (Lipinski definition) is 3. The summed E-state index contributed by atoms with van der Waals surface area (Å²) in [5.74, 6) is 0.571. The Bertz CT molecular complexity index is 527. The minimum atomic E-state index is 0.331. The molecule has 0 spiro atoms.